The van der Waals surface area contributed by atoms with Crippen LogP contribution < -0.4 is 0 Å². The second kappa shape index (κ2) is 9.89. The molecule has 5 aromatic heterocycles. The maximum atomic E-state index is 4.70. The minimum Gasteiger partial charge on any atom is -0.309 e. The van der Waals surface area contributed by atoms with Crippen LogP contribution in [0, 0.1) is 0 Å². The summed E-state index contributed by atoms with van der Waals surface area (Å²) >= 11 is 3.20. The second-order valence-corrected chi connectivity index (χ2v) is 11.5. The fourth-order valence-corrected chi connectivity index (χ4v) is 6.54. The van der Waals surface area contributed by atoms with Crippen molar-refractivity contribution in [2.24, 2.45) is 0 Å². The number of benzene rings is 3. The molecule has 41 heavy (non-hydrogen) atoms. The molecule has 0 amide bonds. The molecule has 3 aromatic carbocycles. The normalized spacial score (nSPS) is 11.4. The topological polar surface area (TPSA) is 56.5 Å². The molecule has 7 heteroatoms. The third-order valence-corrected chi connectivity index (χ3v) is 8.87. The van der Waals surface area contributed by atoms with Gasteiger partial charge in [0.05, 0.1) is 22.4 Å². The van der Waals surface area contributed by atoms with Crippen LogP contribution in [-0.4, -0.2) is 24.5 Å². The molecule has 0 aliphatic carbocycles. The first-order chi connectivity index (χ1) is 20.3. The largest absolute Gasteiger partial charge is 0.309 e. The zero-order chi connectivity index (χ0) is 27.2. The molecule has 5 nitrogen and oxygen atoms in total. The molecule has 0 fully saturated rings. The van der Waals surface area contributed by atoms with Crippen molar-refractivity contribution in [2.75, 3.05) is 0 Å². The molecule has 0 aliphatic heterocycles. The minimum absolute atomic E-state index is 0.893. The summed E-state index contributed by atoms with van der Waals surface area (Å²) < 4.78 is 2.35. The number of fused-ring (bicyclic) bond motifs is 3. The average Bonchev–Trinajstić information content (AvgIpc) is 3.82. The summed E-state index contributed by atoms with van der Waals surface area (Å²) in [5, 5.41) is 8.23. The van der Waals surface area contributed by atoms with Gasteiger partial charge in [0.1, 0.15) is 10.0 Å². The van der Waals surface area contributed by atoms with Gasteiger partial charge in [-0.05, 0) is 47.5 Å². The van der Waals surface area contributed by atoms with E-state index >= 15 is 0 Å². The number of rotatable bonds is 5. The first-order valence-corrected chi connectivity index (χ1v) is 14.9. The monoisotopic (exact) mass is 563 g/mol. The lowest BCUT2D eigenvalue weighted by molar-refractivity contribution is 1.18. The quantitative estimate of drug-likeness (QED) is 0.209. The SMILES string of the molecule is c1ccc(-n2c3cc(-c4ccc(-c5nccs5)nc4)ccc3c3ccc(-c4ccc(-c5nccs5)nc4)cc32)cc1. The zero-order valence-corrected chi connectivity index (χ0v) is 23.3. The Morgan fingerprint density at radius 2 is 1.00 bits per heavy atom. The lowest BCUT2D eigenvalue weighted by Crippen LogP contribution is -1.94. The third kappa shape index (κ3) is 4.23. The summed E-state index contributed by atoms with van der Waals surface area (Å²) in [5.74, 6) is 0. The van der Waals surface area contributed by atoms with E-state index in [9.17, 15) is 0 Å². The molecule has 0 radical (unpaired) electrons. The molecule has 0 bridgehead atoms. The van der Waals surface area contributed by atoms with E-state index in [1.165, 1.54) is 10.8 Å². The molecule has 0 saturated carbocycles. The van der Waals surface area contributed by atoms with Crippen molar-refractivity contribution in [3.05, 3.63) is 127 Å². The van der Waals surface area contributed by atoms with Gasteiger partial charge in [0.25, 0.3) is 0 Å². The summed E-state index contributed by atoms with van der Waals surface area (Å²) in [6, 6.07) is 32.3. The number of pyridine rings is 2. The summed E-state index contributed by atoms with van der Waals surface area (Å²) in [6.45, 7) is 0. The maximum absolute atomic E-state index is 4.70. The van der Waals surface area contributed by atoms with Gasteiger partial charge < -0.3 is 4.57 Å². The Hall–Kier alpha value is -4.98. The second-order valence-electron chi connectivity index (χ2n) is 9.67. The zero-order valence-electron chi connectivity index (χ0n) is 21.7. The smallest absolute Gasteiger partial charge is 0.141 e. The fourth-order valence-electron chi connectivity index (χ4n) is 5.32. The van der Waals surface area contributed by atoms with Gasteiger partial charge in [-0.3, -0.25) is 9.97 Å². The Morgan fingerprint density at radius 3 is 1.44 bits per heavy atom. The van der Waals surface area contributed by atoms with E-state index in [1.807, 2.05) is 47.7 Å². The molecule has 0 unspecified atom stereocenters. The number of hydrogen-bond donors (Lipinski definition) is 0. The molecule has 0 atom stereocenters. The van der Waals surface area contributed by atoms with Gasteiger partial charge in [-0.2, -0.15) is 0 Å². The number of thiazole rings is 2. The van der Waals surface area contributed by atoms with Crippen LogP contribution in [0.25, 0.3) is 71.2 Å². The van der Waals surface area contributed by atoms with E-state index < -0.39 is 0 Å². The van der Waals surface area contributed by atoms with Crippen molar-refractivity contribution in [1.82, 2.24) is 24.5 Å². The predicted octanol–water partition coefficient (Wildman–Crippen LogP) is 9.15. The lowest BCUT2D eigenvalue weighted by atomic mass is 10.0. The van der Waals surface area contributed by atoms with Gasteiger partial charge in [0.2, 0.25) is 0 Å². The summed E-state index contributed by atoms with van der Waals surface area (Å²) in [5.41, 5.74) is 9.61. The van der Waals surface area contributed by atoms with Crippen LogP contribution >= 0.6 is 22.7 Å². The first-order valence-electron chi connectivity index (χ1n) is 13.2. The van der Waals surface area contributed by atoms with Crippen molar-refractivity contribution in [2.45, 2.75) is 0 Å². The van der Waals surface area contributed by atoms with E-state index in [-0.39, 0.29) is 0 Å². The molecule has 0 saturated heterocycles. The highest BCUT2D eigenvalue weighted by atomic mass is 32.1. The minimum atomic E-state index is 0.893. The Bertz CT molecular complexity index is 1980. The number of aromatic nitrogens is 5. The number of nitrogens with zero attached hydrogens (tertiary/aromatic N) is 5. The van der Waals surface area contributed by atoms with Gasteiger partial charge in [0.15, 0.2) is 0 Å². The van der Waals surface area contributed by atoms with Crippen molar-refractivity contribution in [3.8, 4) is 49.3 Å². The standard InChI is InChI=1S/C34H21N5S2/c1-2-4-26(5-3-1)39-31-18-22(24-8-12-29(37-20-24)33-35-14-16-40-33)6-10-27(31)28-11-7-23(19-32(28)39)25-9-13-30(38-21-25)34-36-15-17-41-34/h1-21H. The van der Waals surface area contributed by atoms with Crippen LogP contribution in [0.2, 0.25) is 0 Å². The molecule has 194 valence electrons. The van der Waals surface area contributed by atoms with Gasteiger partial charge >= 0.3 is 0 Å². The Labute approximate surface area is 244 Å². The average molecular weight is 564 g/mol. The third-order valence-electron chi connectivity index (χ3n) is 7.28. The summed E-state index contributed by atoms with van der Waals surface area (Å²) in [7, 11) is 0. The molecule has 0 N–H and O–H groups in total. The van der Waals surface area contributed by atoms with Crippen LogP contribution in [0.4, 0.5) is 0 Å². The highest BCUT2D eigenvalue weighted by molar-refractivity contribution is 7.13. The van der Waals surface area contributed by atoms with Gasteiger partial charge in [0, 0.05) is 63.1 Å². The molecular formula is C34H21N5S2. The maximum Gasteiger partial charge on any atom is 0.141 e. The Morgan fingerprint density at radius 1 is 0.488 bits per heavy atom. The van der Waals surface area contributed by atoms with Crippen molar-refractivity contribution in [3.63, 3.8) is 0 Å². The van der Waals surface area contributed by atoms with E-state index in [4.69, 9.17) is 9.97 Å². The van der Waals surface area contributed by atoms with Crippen molar-refractivity contribution < 1.29 is 0 Å². The van der Waals surface area contributed by atoms with Crippen LogP contribution in [0.5, 0.6) is 0 Å². The lowest BCUT2D eigenvalue weighted by Gasteiger charge is -2.10. The molecular weight excluding hydrogens is 543 g/mol. The Balaban J connectivity index is 1.27. The molecule has 0 aliphatic rings. The molecule has 8 rings (SSSR count). The summed E-state index contributed by atoms with van der Waals surface area (Å²) in [4.78, 5) is 18.2. The number of hydrogen-bond acceptors (Lipinski definition) is 6. The molecule has 8 aromatic rings. The van der Waals surface area contributed by atoms with Crippen molar-refractivity contribution >= 4 is 44.5 Å². The van der Waals surface area contributed by atoms with Gasteiger partial charge in [-0.15, -0.1) is 22.7 Å². The van der Waals surface area contributed by atoms with Crippen LogP contribution in [0.3, 0.4) is 0 Å². The van der Waals surface area contributed by atoms with Gasteiger partial charge in [-0.1, -0.05) is 54.6 Å². The van der Waals surface area contributed by atoms with Crippen LogP contribution in [-0.2, 0) is 0 Å². The van der Waals surface area contributed by atoms with Crippen molar-refractivity contribution in [1.29, 1.82) is 0 Å². The Kier molecular flexibility index (Phi) is 5.76. The summed E-state index contributed by atoms with van der Waals surface area (Å²) in [6.07, 6.45) is 7.50. The van der Waals surface area contributed by atoms with E-state index in [1.54, 1.807) is 22.7 Å². The predicted molar refractivity (Wildman–Crippen MR) is 169 cm³/mol. The van der Waals surface area contributed by atoms with Crippen LogP contribution in [0.15, 0.2) is 127 Å². The fraction of sp³-hybridized carbons (Fsp3) is 0. The highest BCUT2D eigenvalue weighted by Crippen LogP contribution is 2.37. The first kappa shape index (κ1) is 23.9. The molecule has 0 spiro atoms. The van der Waals surface area contributed by atoms with E-state index in [2.05, 4.69) is 93.4 Å². The van der Waals surface area contributed by atoms with E-state index in [0.717, 1.165) is 60.4 Å². The van der Waals surface area contributed by atoms with Crippen LogP contribution in [0.1, 0.15) is 0 Å². The number of para-hydroxylation sites is 1. The highest BCUT2D eigenvalue weighted by Gasteiger charge is 2.15. The van der Waals surface area contributed by atoms with Gasteiger partial charge in [-0.25, -0.2) is 9.97 Å². The molecule has 5 heterocycles. The van der Waals surface area contributed by atoms with E-state index in [0.29, 0.717) is 0 Å².